The zero-order valence-corrected chi connectivity index (χ0v) is 17.1. The first kappa shape index (κ1) is 22.4. The van der Waals surface area contributed by atoms with Crippen molar-refractivity contribution in [2.45, 2.75) is 31.8 Å². The number of rotatable bonds is 12. The van der Waals surface area contributed by atoms with Crippen LogP contribution in [-0.4, -0.2) is 54.7 Å². The number of carbonyl (C=O) groups excluding carboxylic acids is 1. The number of nitrogens with one attached hydrogen (secondary N) is 1. The first-order valence-corrected chi connectivity index (χ1v) is 9.32. The number of amides is 1. The summed E-state index contributed by atoms with van der Waals surface area (Å²) in [5.74, 6) is 1.17. The lowest BCUT2D eigenvalue weighted by Crippen LogP contribution is -2.33. The van der Waals surface area contributed by atoms with Crippen molar-refractivity contribution in [1.29, 1.82) is 0 Å². The van der Waals surface area contributed by atoms with E-state index in [1.54, 1.807) is 28.4 Å². The molecule has 0 aliphatic heterocycles. The number of hydrogen-bond donors (Lipinski definition) is 1. The summed E-state index contributed by atoms with van der Waals surface area (Å²) in [6.45, 7) is 0.784. The molecule has 1 saturated carbocycles. The summed E-state index contributed by atoms with van der Waals surface area (Å²) in [6, 6.07) is 3.79. The second-order valence-corrected chi connectivity index (χ2v) is 6.65. The van der Waals surface area contributed by atoms with Gasteiger partial charge in [-0.2, -0.15) is 0 Å². The molecule has 0 heterocycles. The van der Waals surface area contributed by atoms with Crippen molar-refractivity contribution in [3.8, 4) is 11.5 Å². The molecule has 1 amide bonds. The van der Waals surface area contributed by atoms with Crippen LogP contribution in [0, 0.1) is 5.92 Å². The highest BCUT2D eigenvalue weighted by molar-refractivity contribution is 5.80. The highest BCUT2D eigenvalue weighted by atomic mass is 16.7. The van der Waals surface area contributed by atoms with Crippen LogP contribution in [0.15, 0.2) is 12.1 Å². The van der Waals surface area contributed by atoms with Gasteiger partial charge in [0.25, 0.3) is 0 Å². The van der Waals surface area contributed by atoms with E-state index < -0.39 is 0 Å². The maximum Gasteiger partial charge on any atom is 0.225 e. The van der Waals surface area contributed by atoms with Gasteiger partial charge in [-0.3, -0.25) is 4.79 Å². The zero-order chi connectivity index (χ0) is 20.4. The van der Waals surface area contributed by atoms with E-state index in [1.165, 1.54) is 0 Å². The number of carbonyl (C=O) groups is 1. The van der Waals surface area contributed by atoms with Crippen molar-refractivity contribution < 1.29 is 33.2 Å². The molecular formula is C20H31NO7. The number of benzene rings is 1. The van der Waals surface area contributed by atoms with Gasteiger partial charge in [-0.1, -0.05) is 6.42 Å². The highest BCUT2D eigenvalue weighted by Crippen LogP contribution is 2.46. The summed E-state index contributed by atoms with van der Waals surface area (Å²) in [4.78, 5) is 12.6. The maximum absolute atomic E-state index is 12.6. The van der Waals surface area contributed by atoms with Gasteiger partial charge in [0, 0.05) is 45.5 Å². The van der Waals surface area contributed by atoms with Crippen LogP contribution in [0.5, 0.6) is 11.5 Å². The van der Waals surface area contributed by atoms with E-state index in [0.717, 1.165) is 30.4 Å². The molecule has 1 aromatic rings. The third-order valence-electron chi connectivity index (χ3n) is 4.78. The standard InChI is InChI=1S/C20H31NO7/c1-23-10-14-8-15(27-12-25-3)9-18(19(14)28-13-26-4)16-6-5-7-17(16)20(22)21-11-24-2/h8-9,16-17H,5-7,10-13H2,1-4H3,(H,21,22). The molecule has 1 aromatic carbocycles. The monoisotopic (exact) mass is 397 g/mol. The Labute approximate surface area is 166 Å². The number of ether oxygens (including phenoxy) is 6. The SMILES string of the molecule is COCNC(=O)C1CCCC1c1cc(OCOC)cc(COC)c1OCOC. The lowest BCUT2D eigenvalue weighted by molar-refractivity contribution is -0.126. The molecule has 28 heavy (non-hydrogen) atoms. The average molecular weight is 397 g/mol. The molecule has 0 aromatic heterocycles. The second kappa shape index (κ2) is 11.9. The average Bonchev–Trinajstić information content (AvgIpc) is 3.19. The van der Waals surface area contributed by atoms with Crippen LogP contribution in [-0.2, 0) is 30.3 Å². The molecule has 1 aliphatic rings. The van der Waals surface area contributed by atoms with E-state index in [4.69, 9.17) is 28.4 Å². The third kappa shape index (κ3) is 5.81. The van der Waals surface area contributed by atoms with Crippen molar-refractivity contribution in [2.75, 3.05) is 48.8 Å². The largest absolute Gasteiger partial charge is 0.468 e. The van der Waals surface area contributed by atoms with Gasteiger partial charge in [0.1, 0.15) is 18.2 Å². The smallest absolute Gasteiger partial charge is 0.225 e. The van der Waals surface area contributed by atoms with E-state index >= 15 is 0 Å². The maximum atomic E-state index is 12.6. The van der Waals surface area contributed by atoms with Crippen LogP contribution in [0.3, 0.4) is 0 Å². The Hall–Kier alpha value is -1.87. The van der Waals surface area contributed by atoms with Crippen LogP contribution in [0.2, 0.25) is 0 Å². The molecule has 0 radical (unpaired) electrons. The lowest BCUT2D eigenvalue weighted by Gasteiger charge is -2.24. The lowest BCUT2D eigenvalue weighted by atomic mass is 9.86. The summed E-state index contributed by atoms with van der Waals surface area (Å²) in [7, 11) is 6.32. The summed E-state index contributed by atoms with van der Waals surface area (Å²) in [5.41, 5.74) is 1.76. The molecule has 8 nitrogen and oxygen atoms in total. The van der Waals surface area contributed by atoms with Gasteiger partial charge in [-0.05, 0) is 30.9 Å². The van der Waals surface area contributed by atoms with Crippen molar-refractivity contribution in [1.82, 2.24) is 5.32 Å². The van der Waals surface area contributed by atoms with Crippen LogP contribution < -0.4 is 14.8 Å². The molecule has 0 bridgehead atoms. The molecule has 158 valence electrons. The van der Waals surface area contributed by atoms with Gasteiger partial charge in [-0.25, -0.2) is 0 Å². The molecular weight excluding hydrogens is 366 g/mol. The molecule has 2 rings (SSSR count). The Morgan fingerprint density at radius 3 is 2.43 bits per heavy atom. The predicted octanol–water partition coefficient (Wildman–Crippen LogP) is 2.40. The molecule has 0 saturated heterocycles. The second-order valence-electron chi connectivity index (χ2n) is 6.65. The molecule has 1 N–H and O–H groups in total. The van der Waals surface area contributed by atoms with Crippen LogP contribution in [0.1, 0.15) is 36.3 Å². The Morgan fingerprint density at radius 1 is 1.00 bits per heavy atom. The summed E-state index contributed by atoms with van der Waals surface area (Å²) in [6.07, 6.45) is 2.66. The Balaban J connectivity index is 2.41. The summed E-state index contributed by atoms with van der Waals surface area (Å²) >= 11 is 0. The van der Waals surface area contributed by atoms with Crippen LogP contribution in [0.25, 0.3) is 0 Å². The molecule has 1 aliphatic carbocycles. The first-order valence-electron chi connectivity index (χ1n) is 9.32. The van der Waals surface area contributed by atoms with Crippen molar-refractivity contribution in [3.05, 3.63) is 23.3 Å². The number of methoxy groups -OCH3 is 4. The Kier molecular flexibility index (Phi) is 9.49. The van der Waals surface area contributed by atoms with E-state index in [-0.39, 0.29) is 38.1 Å². The van der Waals surface area contributed by atoms with Gasteiger partial charge < -0.3 is 33.7 Å². The summed E-state index contributed by atoms with van der Waals surface area (Å²) < 4.78 is 32.0. The molecule has 8 heteroatoms. The molecule has 2 unspecified atom stereocenters. The zero-order valence-electron chi connectivity index (χ0n) is 17.1. The van der Waals surface area contributed by atoms with E-state index in [9.17, 15) is 4.79 Å². The first-order chi connectivity index (χ1) is 13.7. The molecule has 0 spiro atoms. The predicted molar refractivity (Wildman–Crippen MR) is 102 cm³/mol. The number of hydrogen-bond acceptors (Lipinski definition) is 7. The van der Waals surface area contributed by atoms with Crippen LogP contribution in [0.4, 0.5) is 0 Å². The third-order valence-corrected chi connectivity index (χ3v) is 4.78. The molecule has 1 fully saturated rings. The van der Waals surface area contributed by atoms with Crippen LogP contribution >= 0.6 is 0 Å². The van der Waals surface area contributed by atoms with Gasteiger partial charge in [0.05, 0.1) is 6.61 Å². The van der Waals surface area contributed by atoms with Gasteiger partial charge in [0.15, 0.2) is 13.6 Å². The normalized spacial score (nSPS) is 18.9. The fraction of sp³-hybridized carbons (Fsp3) is 0.650. The molecule has 2 atom stereocenters. The Morgan fingerprint density at radius 2 is 1.75 bits per heavy atom. The minimum Gasteiger partial charge on any atom is -0.468 e. The van der Waals surface area contributed by atoms with Gasteiger partial charge in [0.2, 0.25) is 5.91 Å². The van der Waals surface area contributed by atoms with E-state index in [2.05, 4.69) is 5.32 Å². The van der Waals surface area contributed by atoms with E-state index in [0.29, 0.717) is 18.1 Å². The fourth-order valence-corrected chi connectivity index (χ4v) is 3.65. The van der Waals surface area contributed by atoms with Gasteiger partial charge in [-0.15, -0.1) is 0 Å². The van der Waals surface area contributed by atoms with E-state index in [1.807, 2.05) is 12.1 Å². The van der Waals surface area contributed by atoms with Gasteiger partial charge >= 0.3 is 0 Å². The minimum absolute atomic E-state index is 0.00501. The Bertz CT molecular complexity index is 623. The highest BCUT2D eigenvalue weighted by Gasteiger charge is 2.36. The fourth-order valence-electron chi connectivity index (χ4n) is 3.65. The quantitative estimate of drug-likeness (QED) is 0.542. The topological polar surface area (TPSA) is 84.5 Å². The van der Waals surface area contributed by atoms with Crippen molar-refractivity contribution >= 4 is 5.91 Å². The van der Waals surface area contributed by atoms with Crippen molar-refractivity contribution in [3.63, 3.8) is 0 Å². The van der Waals surface area contributed by atoms with Crippen molar-refractivity contribution in [2.24, 2.45) is 5.92 Å². The summed E-state index contributed by atoms with van der Waals surface area (Å²) in [5, 5.41) is 2.82. The minimum atomic E-state index is -0.159.